The molecule has 0 fully saturated rings. The number of benzene rings is 2. The third-order valence-corrected chi connectivity index (χ3v) is 4.90. The summed E-state index contributed by atoms with van der Waals surface area (Å²) in [7, 11) is 0. The zero-order valence-electron chi connectivity index (χ0n) is 16.6. The number of hydrogen-bond donors (Lipinski definition) is 2. The average molecular weight is 423 g/mol. The highest BCUT2D eigenvalue weighted by atomic mass is 19.2. The van der Waals surface area contributed by atoms with Crippen molar-refractivity contribution in [2.45, 2.75) is 26.0 Å². The molecule has 1 aliphatic rings. The Morgan fingerprint density at radius 2 is 1.97 bits per heavy atom. The van der Waals surface area contributed by atoms with Crippen molar-refractivity contribution in [2.24, 2.45) is 0 Å². The average Bonchev–Trinajstić information content (AvgIpc) is 3.18. The zero-order valence-corrected chi connectivity index (χ0v) is 16.6. The Bertz CT molecular complexity index is 1170. The smallest absolute Gasteiger partial charge is 0.261 e. The van der Waals surface area contributed by atoms with E-state index in [4.69, 9.17) is 4.74 Å². The topological polar surface area (TPSA) is 80.3 Å². The minimum Gasteiger partial charge on any atom is -0.464 e. The van der Waals surface area contributed by atoms with Crippen LogP contribution in [-0.4, -0.2) is 22.9 Å². The molecule has 0 saturated carbocycles. The summed E-state index contributed by atoms with van der Waals surface area (Å²) in [5, 5.41) is 5.43. The van der Waals surface area contributed by atoms with Crippen LogP contribution in [0.4, 0.5) is 14.5 Å². The highest BCUT2D eigenvalue weighted by Gasteiger charge is 2.32. The first-order valence-electron chi connectivity index (χ1n) is 9.65. The van der Waals surface area contributed by atoms with E-state index in [1.807, 2.05) is 24.3 Å². The standard InChI is InChI=1S/C23H19F2N3O3/c1-13(29)28-16-4-2-3-15(10-16)17-7-8-26-23-18(17)11-21(31-23)22(30)27-12-14-5-6-19(24)20(25)9-14/h2-10,21H,11-12H2,1H3,(H,27,30)(H,28,29). The Kier molecular flexibility index (Phi) is 5.62. The molecule has 2 aromatic carbocycles. The van der Waals surface area contributed by atoms with Gasteiger partial charge in [-0.05, 0) is 47.0 Å². The van der Waals surface area contributed by atoms with Gasteiger partial charge in [0.25, 0.3) is 5.91 Å². The normalized spacial score (nSPS) is 14.5. The van der Waals surface area contributed by atoms with Crippen LogP contribution in [0.25, 0.3) is 11.1 Å². The number of aromatic nitrogens is 1. The molecule has 3 aromatic rings. The third-order valence-electron chi connectivity index (χ3n) is 4.90. The summed E-state index contributed by atoms with van der Waals surface area (Å²) in [4.78, 5) is 28.1. The number of pyridine rings is 1. The van der Waals surface area contributed by atoms with E-state index in [1.165, 1.54) is 13.0 Å². The van der Waals surface area contributed by atoms with Gasteiger partial charge in [0.2, 0.25) is 11.8 Å². The number of hydrogen-bond acceptors (Lipinski definition) is 4. The van der Waals surface area contributed by atoms with Crippen LogP contribution >= 0.6 is 0 Å². The van der Waals surface area contributed by atoms with E-state index in [9.17, 15) is 18.4 Å². The zero-order chi connectivity index (χ0) is 22.0. The lowest BCUT2D eigenvalue weighted by molar-refractivity contribution is -0.127. The Morgan fingerprint density at radius 3 is 2.74 bits per heavy atom. The minimum atomic E-state index is -0.966. The van der Waals surface area contributed by atoms with Gasteiger partial charge < -0.3 is 15.4 Å². The molecular formula is C23H19F2N3O3. The van der Waals surface area contributed by atoms with Crippen molar-refractivity contribution in [2.75, 3.05) is 5.32 Å². The molecule has 8 heteroatoms. The number of nitrogens with zero attached hydrogens (tertiary/aromatic N) is 1. The molecule has 2 amide bonds. The number of anilines is 1. The molecular weight excluding hydrogens is 404 g/mol. The number of rotatable bonds is 5. The summed E-state index contributed by atoms with van der Waals surface area (Å²) in [6.45, 7) is 1.49. The molecule has 1 aromatic heterocycles. The maximum Gasteiger partial charge on any atom is 0.261 e. The van der Waals surface area contributed by atoms with Crippen LogP contribution in [0.5, 0.6) is 5.88 Å². The fourth-order valence-electron chi connectivity index (χ4n) is 3.47. The van der Waals surface area contributed by atoms with Crippen molar-refractivity contribution in [1.82, 2.24) is 10.3 Å². The largest absolute Gasteiger partial charge is 0.464 e. The maximum atomic E-state index is 13.3. The van der Waals surface area contributed by atoms with Crippen LogP contribution in [-0.2, 0) is 22.6 Å². The summed E-state index contributed by atoms with van der Waals surface area (Å²) in [6.07, 6.45) is 1.13. The summed E-state index contributed by atoms with van der Waals surface area (Å²) >= 11 is 0. The highest BCUT2D eigenvalue weighted by molar-refractivity contribution is 5.90. The summed E-state index contributed by atoms with van der Waals surface area (Å²) in [5.74, 6) is -2.08. The van der Waals surface area contributed by atoms with Gasteiger partial charge in [0.15, 0.2) is 17.7 Å². The lowest BCUT2D eigenvalue weighted by Gasteiger charge is -2.11. The Morgan fingerprint density at radius 1 is 1.13 bits per heavy atom. The van der Waals surface area contributed by atoms with E-state index in [2.05, 4.69) is 15.6 Å². The molecule has 0 radical (unpaired) electrons. The van der Waals surface area contributed by atoms with Crippen LogP contribution in [0.15, 0.2) is 54.7 Å². The second kappa shape index (κ2) is 8.51. The van der Waals surface area contributed by atoms with Gasteiger partial charge in [-0.3, -0.25) is 9.59 Å². The van der Waals surface area contributed by atoms with E-state index in [0.717, 1.165) is 28.8 Å². The van der Waals surface area contributed by atoms with E-state index in [0.29, 0.717) is 23.6 Å². The molecule has 6 nitrogen and oxygen atoms in total. The van der Waals surface area contributed by atoms with E-state index in [-0.39, 0.29) is 18.4 Å². The number of carbonyl (C=O) groups excluding carboxylic acids is 2. The molecule has 4 rings (SSSR count). The molecule has 31 heavy (non-hydrogen) atoms. The SMILES string of the molecule is CC(=O)Nc1cccc(-c2ccnc3c2CC(C(=O)NCc2ccc(F)c(F)c2)O3)c1. The molecule has 2 heterocycles. The highest BCUT2D eigenvalue weighted by Crippen LogP contribution is 2.36. The van der Waals surface area contributed by atoms with Gasteiger partial charge in [0, 0.05) is 37.3 Å². The van der Waals surface area contributed by atoms with Crippen LogP contribution in [0.3, 0.4) is 0 Å². The summed E-state index contributed by atoms with van der Waals surface area (Å²) in [6, 6.07) is 12.7. The Labute approximate surface area is 177 Å². The lowest BCUT2D eigenvalue weighted by atomic mass is 9.98. The maximum absolute atomic E-state index is 13.3. The summed E-state index contributed by atoms with van der Waals surface area (Å²) < 4.78 is 32.1. The molecule has 0 bridgehead atoms. The Hall–Kier alpha value is -3.81. The van der Waals surface area contributed by atoms with Gasteiger partial charge in [-0.25, -0.2) is 13.8 Å². The van der Waals surface area contributed by atoms with Crippen molar-refractivity contribution >= 4 is 17.5 Å². The van der Waals surface area contributed by atoms with Crippen molar-refractivity contribution in [3.63, 3.8) is 0 Å². The van der Waals surface area contributed by atoms with E-state index in [1.54, 1.807) is 12.3 Å². The van der Waals surface area contributed by atoms with Crippen molar-refractivity contribution in [3.8, 4) is 17.0 Å². The number of fused-ring (bicyclic) bond motifs is 1. The molecule has 2 N–H and O–H groups in total. The van der Waals surface area contributed by atoms with Crippen LogP contribution < -0.4 is 15.4 Å². The van der Waals surface area contributed by atoms with Crippen molar-refractivity contribution < 1.29 is 23.1 Å². The predicted molar refractivity (Wildman–Crippen MR) is 110 cm³/mol. The first-order chi connectivity index (χ1) is 14.9. The monoisotopic (exact) mass is 423 g/mol. The fourth-order valence-corrected chi connectivity index (χ4v) is 3.47. The second-order valence-electron chi connectivity index (χ2n) is 7.18. The minimum absolute atomic E-state index is 0.0469. The molecule has 158 valence electrons. The van der Waals surface area contributed by atoms with Crippen LogP contribution in [0, 0.1) is 11.6 Å². The van der Waals surface area contributed by atoms with E-state index < -0.39 is 17.7 Å². The first kappa shape index (κ1) is 20.5. The molecule has 0 aliphatic carbocycles. The predicted octanol–water partition coefficient (Wildman–Crippen LogP) is 3.61. The van der Waals surface area contributed by atoms with Gasteiger partial charge in [-0.2, -0.15) is 0 Å². The molecule has 0 saturated heterocycles. The number of carbonyl (C=O) groups is 2. The molecule has 1 unspecified atom stereocenters. The van der Waals surface area contributed by atoms with Gasteiger partial charge >= 0.3 is 0 Å². The number of ether oxygens (including phenoxy) is 1. The molecule has 0 spiro atoms. The van der Waals surface area contributed by atoms with Gasteiger partial charge in [-0.1, -0.05) is 18.2 Å². The van der Waals surface area contributed by atoms with Gasteiger partial charge in [0.1, 0.15) is 0 Å². The first-order valence-corrected chi connectivity index (χ1v) is 9.65. The van der Waals surface area contributed by atoms with Crippen LogP contribution in [0.2, 0.25) is 0 Å². The Balaban J connectivity index is 1.48. The van der Waals surface area contributed by atoms with Gasteiger partial charge in [-0.15, -0.1) is 0 Å². The third kappa shape index (κ3) is 4.53. The fraction of sp³-hybridized carbons (Fsp3) is 0.174. The van der Waals surface area contributed by atoms with E-state index >= 15 is 0 Å². The van der Waals surface area contributed by atoms with Gasteiger partial charge in [0.05, 0.1) is 0 Å². The quantitative estimate of drug-likeness (QED) is 0.657. The molecule has 1 aliphatic heterocycles. The van der Waals surface area contributed by atoms with Crippen molar-refractivity contribution in [3.05, 3.63) is 77.5 Å². The lowest BCUT2D eigenvalue weighted by Crippen LogP contribution is -2.37. The number of halogens is 2. The number of nitrogens with one attached hydrogen (secondary N) is 2. The second-order valence-corrected chi connectivity index (χ2v) is 7.18. The summed E-state index contributed by atoms with van der Waals surface area (Å²) in [5.41, 5.74) is 3.60. The number of amides is 2. The molecule has 1 atom stereocenters. The van der Waals surface area contributed by atoms with Crippen molar-refractivity contribution in [1.29, 1.82) is 0 Å². The van der Waals surface area contributed by atoms with Crippen LogP contribution in [0.1, 0.15) is 18.1 Å².